The number of rotatable bonds is 9. The summed E-state index contributed by atoms with van der Waals surface area (Å²) >= 11 is -1.45. The van der Waals surface area contributed by atoms with Gasteiger partial charge >= 0.3 is 0 Å². The number of aryl methyl sites for hydroxylation is 1. The molecule has 2 aromatic carbocycles. The molecule has 1 aliphatic rings. The van der Waals surface area contributed by atoms with E-state index in [-0.39, 0.29) is 18.9 Å². The number of carbonyl (C=O) groups is 1. The second-order valence-corrected chi connectivity index (χ2v) is 10.7. The molecule has 12 heteroatoms. The highest BCUT2D eigenvalue weighted by Gasteiger charge is 2.22. The largest absolute Gasteiger partial charge is 0.610 e. The smallest absolute Gasteiger partial charge is 0.276 e. The summed E-state index contributed by atoms with van der Waals surface area (Å²) in [5.41, 5.74) is 3.77. The Bertz CT molecular complexity index is 1520. The van der Waals surface area contributed by atoms with Crippen LogP contribution in [0.2, 0.25) is 0 Å². The van der Waals surface area contributed by atoms with Crippen molar-refractivity contribution >= 4 is 28.6 Å². The Labute approximate surface area is 239 Å². The third-order valence-corrected chi connectivity index (χ3v) is 7.43. The number of nitrogens with one attached hydrogen (secondary N) is 1. The zero-order chi connectivity index (χ0) is 28.9. The van der Waals surface area contributed by atoms with Crippen LogP contribution in [0.3, 0.4) is 0 Å². The van der Waals surface area contributed by atoms with Crippen LogP contribution in [0.1, 0.15) is 16.1 Å². The van der Waals surface area contributed by atoms with Gasteiger partial charge in [0.25, 0.3) is 5.91 Å². The number of carbonyl (C=O) groups excluding carboxylic acids is 1. The number of aliphatic hydroxyl groups is 1. The van der Waals surface area contributed by atoms with Crippen LogP contribution in [0.4, 0.5) is 15.9 Å². The fourth-order valence-corrected chi connectivity index (χ4v) is 5.15. The molecule has 5 rings (SSSR count). The maximum absolute atomic E-state index is 13.4. The summed E-state index contributed by atoms with van der Waals surface area (Å²) < 4.78 is 38.3. The van der Waals surface area contributed by atoms with Gasteiger partial charge < -0.3 is 29.3 Å². The summed E-state index contributed by atoms with van der Waals surface area (Å²) in [4.78, 5) is 20.0. The number of hydrogen-bond donors (Lipinski definition) is 2. The van der Waals surface area contributed by atoms with Crippen LogP contribution in [0.25, 0.3) is 16.8 Å². The van der Waals surface area contributed by atoms with E-state index in [4.69, 9.17) is 9.47 Å². The second-order valence-electron chi connectivity index (χ2n) is 9.42. The maximum atomic E-state index is 13.4. The number of morpholine rings is 1. The molecular formula is C29H30FN5O5S. The monoisotopic (exact) mass is 579 g/mol. The molecular weight excluding hydrogens is 549 g/mol. The van der Waals surface area contributed by atoms with Crippen molar-refractivity contribution in [1.82, 2.24) is 14.8 Å². The van der Waals surface area contributed by atoms with Crippen molar-refractivity contribution in [3.8, 4) is 22.7 Å². The minimum Gasteiger partial charge on any atom is -0.610 e. The van der Waals surface area contributed by atoms with Crippen molar-refractivity contribution in [2.45, 2.75) is 11.9 Å². The van der Waals surface area contributed by atoms with Crippen LogP contribution in [-0.4, -0.2) is 76.1 Å². The fourth-order valence-electron chi connectivity index (χ4n) is 4.48. The Balaban J connectivity index is 1.44. The third-order valence-electron chi connectivity index (χ3n) is 6.55. The zero-order valence-corrected chi connectivity index (χ0v) is 23.5. The van der Waals surface area contributed by atoms with Crippen LogP contribution >= 0.6 is 0 Å². The molecule has 214 valence electrons. The van der Waals surface area contributed by atoms with Gasteiger partial charge in [0.15, 0.2) is 5.69 Å². The first kappa shape index (κ1) is 28.6. The van der Waals surface area contributed by atoms with Gasteiger partial charge in [0.2, 0.25) is 10.9 Å². The van der Waals surface area contributed by atoms with Gasteiger partial charge in [0.05, 0.1) is 25.5 Å². The van der Waals surface area contributed by atoms with E-state index in [1.165, 1.54) is 41.3 Å². The molecule has 41 heavy (non-hydrogen) atoms. The predicted molar refractivity (Wildman–Crippen MR) is 154 cm³/mol. The van der Waals surface area contributed by atoms with Gasteiger partial charge in [-0.2, -0.15) is 14.8 Å². The maximum Gasteiger partial charge on any atom is 0.276 e. The Morgan fingerprint density at radius 2 is 1.90 bits per heavy atom. The normalized spacial score (nSPS) is 14.1. The van der Waals surface area contributed by atoms with E-state index in [1.807, 2.05) is 25.1 Å². The minimum absolute atomic E-state index is 0.0693. The lowest BCUT2D eigenvalue weighted by Crippen LogP contribution is -2.36. The molecule has 1 aliphatic heterocycles. The first-order chi connectivity index (χ1) is 19.8. The van der Waals surface area contributed by atoms with Crippen LogP contribution in [0, 0.1) is 12.7 Å². The average molecular weight is 580 g/mol. The minimum atomic E-state index is -1.45. The topological polar surface area (TPSA) is 125 Å². The molecule has 0 saturated carbocycles. The molecule has 1 atom stereocenters. The molecule has 1 saturated heterocycles. The highest BCUT2D eigenvalue weighted by atomic mass is 32.2. The fraction of sp³-hybridized carbons (Fsp3) is 0.276. The van der Waals surface area contributed by atoms with Crippen molar-refractivity contribution < 1.29 is 28.3 Å². The summed E-state index contributed by atoms with van der Waals surface area (Å²) in [6.45, 7) is 4.54. The van der Waals surface area contributed by atoms with Gasteiger partial charge in [-0.15, -0.1) is 0 Å². The number of benzene rings is 2. The Morgan fingerprint density at radius 1 is 1.15 bits per heavy atom. The molecule has 1 amide bonds. The number of pyridine rings is 1. The van der Waals surface area contributed by atoms with E-state index in [9.17, 15) is 18.8 Å². The average Bonchev–Trinajstić information content (AvgIpc) is 3.44. The molecule has 1 fully saturated rings. The van der Waals surface area contributed by atoms with Crippen molar-refractivity contribution in [1.29, 1.82) is 0 Å². The van der Waals surface area contributed by atoms with Crippen molar-refractivity contribution in [3.05, 3.63) is 77.7 Å². The summed E-state index contributed by atoms with van der Waals surface area (Å²) in [6.07, 6.45) is 1.49. The van der Waals surface area contributed by atoms with Gasteiger partial charge in [0.1, 0.15) is 24.5 Å². The lowest BCUT2D eigenvalue weighted by atomic mass is 10.00. The van der Waals surface area contributed by atoms with E-state index in [1.54, 1.807) is 12.1 Å². The number of anilines is 2. The molecule has 0 aliphatic carbocycles. The van der Waals surface area contributed by atoms with Crippen molar-refractivity contribution in [2.24, 2.45) is 0 Å². The van der Waals surface area contributed by atoms with Gasteiger partial charge in [-0.25, -0.2) is 4.39 Å². The highest BCUT2D eigenvalue weighted by molar-refractivity contribution is 7.90. The molecule has 2 N–H and O–H groups in total. The van der Waals surface area contributed by atoms with Gasteiger partial charge in [-0.1, -0.05) is 6.07 Å². The Morgan fingerprint density at radius 3 is 2.61 bits per heavy atom. The second kappa shape index (κ2) is 12.7. The van der Waals surface area contributed by atoms with E-state index in [2.05, 4.69) is 20.3 Å². The van der Waals surface area contributed by atoms with Gasteiger partial charge in [-0.3, -0.25) is 4.79 Å². The van der Waals surface area contributed by atoms with Crippen molar-refractivity contribution in [3.63, 3.8) is 0 Å². The number of ether oxygens (including phenoxy) is 2. The summed E-state index contributed by atoms with van der Waals surface area (Å²) in [6, 6.07) is 16.4. The first-order valence-corrected chi connectivity index (χ1v) is 14.6. The Hall–Kier alpha value is -3.97. The van der Waals surface area contributed by atoms with Gasteiger partial charge in [-0.05, 0) is 66.1 Å². The number of halogens is 1. The van der Waals surface area contributed by atoms with Crippen LogP contribution in [-0.2, 0) is 15.9 Å². The molecule has 1 unspecified atom stereocenters. The molecule has 10 nitrogen and oxygen atoms in total. The summed E-state index contributed by atoms with van der Waals surface area (Å²) in [7, 11) is 0. The molecule has 4 aromatic rings. The third kappa shape index (κ3) is 6.68. The lowest BCUT2D eigenvalue weighted by molar-refractivity contribution is 0.102. The summed E-state index contributed by atoms with van der Waals surface area (Å²) in [5.74, 6) is 0.229. The number of nitrogens with zero attached hydrogens (tertiary/aromatic N) is 4. The number of aromatic nitrogens is 3. The molecule has 0 radical (unpaired) electrons. The van der Waals surface area contributed by atoms with Gasteiger partial charge in [0, 0.05) is 42.1 Å². The number of aliphatic hydroxyl groups excluding tert-OH is 1. The summed E-state index contributed by atoms with van der Waals surface area (Å²) in [5, 5.41) is 16.8. The van der Waals surface area contributed by atoms with Crippen LogP contribution < -0.4 is 15.0 Å². The molecule has 0 bridgehead atoms. The van der Waals surface area contributed by atoms with E-state index >= 15 is 0 Å². The molecule has 2 aromatic heterocycles. The van der Waals surface area contributed by atoms with Crippen LogP contribution in [0.5, 0.6) is 5.88 Å². The van der Waals surface area contributed by atoms with Crippen LogP contribution in [0.15, 0.2) is 65.7 Å². The van der Waals surface area contributed by atoms with E-state index in [0.717, 1.165) is 22.5 Å². The van der Waals surface area contributed by atoms with Crippen molar-refractivity contribution in [2.75, 3.05) is 56.0 Å². The zero-order valence-electron chi connectivity index (χ0n) is 22.7. The number of hydrogen-bond acceptors (Lipinski definition) is 8. The molecule has 0 spiro atoms. The highest BCUT2D eigenvalue weighted by Crippen LogP contribution is 2.32. The Kier molecular flexibility index (Phi) is 8.84. The SMILES string of the molecule is Cc1ccc(NC(=O)c2cc([S+](C)[O-])n(-c3ccc(F)cc3)n2)cc1-c1cc(OCCO)nc(N2CCOCC2)c1. The lowest BCUT2D eigenvalue weighted by Gasteiger charge is -2.28. The van der Waals surface area contributed by atoms with E-state index in [0.29, 0.717) is 48.6 Å². The quantitative estimate of drug-likeness (QED) is 0.289. The first-order valence-electron chi connectivity index (χ1n) is 13.0. The predicted octanol–water partition coefficient (Wildman–Crippen LogP) is 3.58. The number of amides is 1. The van der Waals surface area contributed by atoms with E-state index < -0.39 is 22.9 Å². The standard InChI is InChI=1S/C29H30FN5O5S/c1-19-3-6-22(31-29(37)25-18-28(41(2)38)35(33-25)23-7-4-21(30)5-8-23)17-24(19)20-15-26(34-9-12-39-13-10-34)32-27(16-20)40-14-11-36/h3-8,15-18,36H,9-14H2,1-2H3,(H,31,37). The molecule has 3 heterocycles.